The van der Waals surface area contributed by atoms with Crippen LogP contribution in [0.4, 0.5) is 0 Å². The van der Waals surface area contributed by atoms with Crippen LogP contribution in [0.3, 0.4) is 0 Å². The van der Waals surface area contributed by atoms with E-state index in [0.717, 1.165) is 23.5 Å². The first-order valence-electron chi connectivity index (χ1n) is 8.63. The lowest BCUT2D eigenvalue weighted by Gasteiger charge is -2.12. The molecule has 27 heavy (non-hydrogen) atoms. The quantitative estimate of drug-likeness (QED) is 0.351. The van der Waals surface area contributed by atoms with E-state index in [-0.39, 0.29) is 12.2 Å². The minimum absolute atomic E-state index is 0.0667. The zero-order valence-corrected chi connectivity index (χ0v) is 17.4. The number of halogens is 2. The van der Waals surface area contributed by atoms with Gasteiger partial charge in [0.15, 0.2) is 0 Å². The molecule has 1 aromatic carbocycles. The summed E-state index contributed by atoms with van der Waals surface area (Å²) in [6, 6.07) is 8.94. The highest BCUT2D eigenvalue weighted by atomic mass is 35.5. The number of ether oxygens (including phenoxy) is 1. The molecule has 2 rings (SSSR count). The van der Waals surface area contributed by atoms with Crippen molar-refractivity contribution < 1.29 is 9.53 Å². The molecule has 0 aliphatic rings. The molecule has 142 valence electrons. The second-order valence-electron chi connectivity index (χ2n) is 6.78. The number of hydrogen-bond donors (Lipinski definition) is 0. The fraction of sp³-hybridized carbons (Fsp3) is 0.333. The fourth-order valence-electron chi connectivity index (χ4n) is 2.80. The van der Waals surface area contributed by atoms with Crippen molar-refractivity contribution >= 4 is 35.2 Å². The van der Waals surface area contributed by atoms with Crippen molar-refractivity contribution in [2.24, 2.45) is 5.92 Å². The summed E-state index contributed by atoms with van der Waals surface area (Å²) in [6.07, 6.45) is 1.57. The Kier molecular flexibility index (Phi) is 7.12. The van der Waals surface area contributed by atoms with Gasteiger partial charge in [0.25, 0.3) is 0 Å². The first-order valence-corrected chi connectivity index (χ1v) is 9.38. The van der Waals surface area contributed by atoms with E-state index in [2.05, 4.69) is 18.4 Å². The molecule has 0 atom stereocenters. The molecule has 0 amide bonds. The van der Waals surface area contributed by atoms with Crippen LogP contribution < -0.4 is 0 Å². The van der Waals surface area contributed by atoms with Crippen molar-refractivity contribution in [1.29, 1.82) is 5.26 Å². The maximum absolute atomic E-state index is 12.3. The predicted molar refractivity (Wildman–Crippen MR) is 109 cm³/mol. The van der Waals surface area contributed by atoms with E-state index in [1.165, 1.54) is 0 Å². The molecule has 0 bridgehead atoms. The van der Waals surface area contributed by atoms with E-state index in [4.69, 9.17) is 27.9 Å². The van der Waals surface area contributed by atoms with Crippen LogP contribution in [0.25, 0.3) is 6.08 Å². The van der Waals surface area contributed by atoms with Gasteiger partial charge in [0, 0.05) is 33.5 Å². The molecular formula is C21H22Cl2N2O2. The number of esters is 1. The van der Waals surface area contributed by atoms with Crippen LogP contribution in [0, 0.1) is 31.1 Å². The van der Waals surface area contributed by atoms with E-state index in [1.54, 1.807) is 24.3 Å². The lowest BCUT2D eigenvalue weighted by atomic mass is 10.1. The summed E-state index contributed by atoms with van der Waals surface area (Å²) in [5.74, 6) is -0.213. The van der Waals surface area contributed by atoms with Gasteiger partial charge in [-0.25, -0.2) is 4.79 Å². The van der Waals surface area contributed by atoms with Crippen molar-refractivity contribution in [1.82, 2.24) is 4.57 Å². The molecule has 1 heterocycles. The van der Waals surface area contributed by atoms with Gasteiger partial charge in [-0.3, -0.25) is 0 Å². The van der Waals surface area contributed by atoms with Gasteiger partial charge in [-0.05, 0) is 49.6 Å². The molecule has 2 aromatic rings. The lowest BCUT2D eigenvalue weighted by Crippen LogP contribution is -2.08. The van der Waals surface area contributed by atoms with Crippen LogP contribution >= 0.6 is 23.2 Å². The second-order valence-corrected chi connectivity index (χ2v) is 7.59. The lowest BCUT2D eigenvalue weighted by molar-refractivity contribution is -0.139. The SMILES string of the molecule is Cc1cc(/C=C(\C#N)C(=O)OCc2c(Cl)cccc2Cl)c(C)n1CC(C)C. The summed E-state index contributed by atoms with van der Waals surface area (Å²) in [5.41, 5.74) is 3.37. The zero-order chi connectivity index (χ0) is 20.1. The van der Waals surface area contributed by atoms with E-state index in [1.807, 2.05) is 26.0 Å². The van der Waals surface area contributed by atoms with Crippen molar-refractivity contribution in [3.05, 3.63) is 62.4 Å². The fourth-order valence-corrected chi connectivity index (χ4v) is 3.30. The first kappa shape index (κ1) is 21.1. The Morgan fingerprint density at radius 3 is 2.48 bits per heavy atom. The van der Waals surface area contributed by atoms with Crippen molar-refractivity contribution in [3.63, 3.8) is 0 Å². The van der Waals surface area contributed by atoms with E-state index in [0.29, 0.717) is 21.5 Å². The van der Waals surface area contributed by atoms with Gasteiger partial charge in [-0.2, -0.15) is 5.26 Å². The summed E-state index contributed by atoms with van der Waals surface area (Å²) in [7, 11) is 0. The third kappa shape index (κ3) is 5.15. The minimum atomic E-state index is -0.706. The molecule has 0 aliphatic carbocycles. The number of aryl methyl sites for hydroxylation is 1. The predicted octanol–water partition coefficient (Wildman–Crippen LogP) is 5.72. The Morgan fingerprint density at radius 2 is 1.93 bits per heavy atom. The monoisotopic (exact) mass is 404 g/mol. The third-order valence-corrected chi connectivity index (χ3v) is 4.92. The number of carbonyl (C=O) groups is 1. The molecule has 0 saturated carbocycles. The highest BCUT2D eigenvalue weighted by Gasteiger charge is 2.16. The number of nitrogens with zero attached hydrogens (tertiary/aromatic N) is 2. The molecule has 0 aliphatic heterocycles. The molecule has 6 heteroatoms. The van der Waals surface area contributed by atoms with Gasteiger partial charge in [0.05, 0.1) is 0 Å². The van der Waals surface area contributed by atoms with Gasteiger partial charge >= 0.3 is 5.97 Å². The number of nitriles is 1. The average molecular weight is 405 g/mol. The Hall–Kier alpha value is -2.22. The van der Waals surface area contributed by atoms with E-state index >= 15 is 0 Å². The Labute approximate surface area is 170 Å². The number of benzene rings is 1. The second kappa shape index (κ2) is 9.12. The summed E-state index contributed by atoms with van der Waals surface area (Å²) in [6.45, 7) is 9.06. The third-order valence-electron chi connectivity index (χ3n) is 4.21. The topological polar surface area (TPSA) is 55.0 Å². The van der Waals surface area contributed by atoms with Crippen LogP contribution in [0.1, 0.15) is 36.4 Å². The van der Waals surface area contributed by atoms with Crippen LogP contribution in [-0.4, -0.2) is 10.5 Å². The maximum atomic E-state index is 12.3. The highest BCUT2D eigenvalue weighted by molar-refractivity contribution is 6.35. The molecule has 4 nitrogen and oxygen atoms in total. The van der Waals surface area contributed by atoms with Gasteiger partial charge in [-0.1, -0.05) is 43.1 Å². The van der Waals surface area contributed by atoms with Crippen molar-refractivity contribution in [3.8, 4) is 6.07 Å². The van der Waals surface area contributed by atoms with Crippen LogP contribution in [-0.2, 0) is 22.7 Å². The summed E-state index contributed by atoms with van der Waals surface area (Å²) in [5, 5.41) is 10.2. The molecule has 1 aromatic heterocycles. The van der Waals surface area contributed by atoms with Crippen LogP contribution in [0.2, 0.25) is 10.0 Å². The molecule has 0 unspecified atom stereocenters. The van der Waals surface area contributed by atoms with Gasteiger partial charge < -0.3 is 9.30 Å². The van der Waals surface area contributed by atoms with Gasteiger partial charge in [0.1, 0.15) is 18.2 Å². The maximum Gasteiger partial charge on any atom is 0.349 e. The van der Waals surface area contributed by atoms with Crippen molar-refractivity contribution in [2.45, 2.75) is 40.8 Å². The number of aromatic nitrogens is 1. The molecular weight excluding hydrogens is 383 g/mol. The number of rotatable bonds is 6. The molecule has 0 saturated heterocycles. The van der Waals surface area contributed by atoms with Crippen LogP contribution in [0.15, 0.2) is 29.8 Å². The summed E-state index contributed by atoms with van der Waals surface area (Å²) < 4.78 is 7.43. The Balaban J connectivity index is 2.21. The van der Waals surface area contributed by atoms with Gasteiger partial charge in [0.2, 0.25) is 0 Å². The Morgan fingerprint density at radius 1 is 1.30 bits per heavy atom. The zero-order valence-electron chi connectivity index (χ0n) is 15.8. The first-order chi connectivity index (χ1) is 12.7. The Bertz CT molecular complexity index is 901. The number of hydrogen-bond acceptors (Lipinski definition) is 3. The van der Waals surface area contributed by atoms with E-state index in [9.17, 15) is 10.1 Å². The summed E-state index contributed by atoms with van der Waals surface area (Å²) >= 11 is 12.2. The summed E-state index contributed by atoms with van der Waals surface area (Å²) in [4.78, 5) is 12.3. The average Bonchev–Trinajstić information content (AvgIpc) is 2.86. The highest BCUT2D eigenvalue weighted by Crippen LogP contribution is 2.25. The van der Waals surface area contributed by atoms with E-state index < -0.39 is 5.97 Å². The molecule has 0 N–H and O–H groups in total. The molecule has 0 radical (unpaired) electrons. The van der Waals surface area contributed by atoms with Crippen molar-refractivity contribution in [2.75, 3.05) is 0 Å². The molecule has 0 fully saturated rings. The minimum Gasteiger partial charge on any atom is -0.457 e. The van der Waals surface area contributed by atoms with Crippen LogP contribution in [0.5, 0.6) is 0 Å². The normalized spacial score (nSPS) is 11.6. The largest absolute Gasteiger partial charge is 0.457 e. The smallest absolute Gasteiger partial charge is 0.349 e. The van der Waals surface area contributed by atoms with Gasteiger partial charge in [-0.15, -0.1) is 0 Å². The standard InChI is InChI=1S/C21H22Cl2N2O2/c1-13(2)11-25-14(3)8-16(15(25)4)9-17(10-24)21(26)27-12-18-19(22)6-5-7-20(18)23/h5-9,13H,11-12H2,1-4H3/b17-9+. The molecule has 0 spiro atoms. The number of carbonyl (C=O) groups excluding carboxylic acids is 1.